The lowest BCUT2D eigenvalue weighted by Crippen LogP contribution is -2.58. The van der Waals surface area contributed by atoms with Crippen LogP contribution in [0.1, 0.15) is 37.7 Å². The molecule has 0 saturated carbocycles. The Hall–Kier alpha value is -5.39. The largest absolute Gasteiger partial charge is 0.480 e. The molecule has 0 radical (unpaired) electrons. The van der Waals surface area contributed by atoms with E-state index in [1.54, 1.807) is 6.20 Å². The molecule has 18 heteroatoms. The Labute approximate surface area is 258 Å². The molecule has 1 aromatic heterocycles. The van der Waals surface area contributed by atoms with Crippen LogP contribution in [0.3, 0.4) is 0 Å². The summed E-state index contributed by atoms with van der Waals surface area (Å²) in [6.07, 6.45) is 1.66. The van der Waals surface area contributed by atoms with Crippen LogP contribution in [0.4, 0.5) is 0 Å². The number of aromatic nitrogens is 1. The first-order valence-electron chi connectivity index (χ1n) is 14.1. The first-order valence-corrected chi connectivity index (χ1v) is 14.1. The third kappa shape index (κ3) is 12.4. The van der Waals surface area contributed by atoms with Gasteiger partial charge in [-0.3, -0.25) is 29.2 Å². The Morgan fingerprint density at radius 1 is 0.778 bits per heavy atom. The maximum Gasteiger partial charge on any atom is 0.326 e. The van der Waals surface area contributed by atoms with Gasteiger partial charge in [-0.15, -0.1) is 0 Å². The number of carboxylic acid groups (broad SMARTS) is 1. The van der Waals surface area contributed by atoms with Crippen molar-refractivity contribution in [2.45, 2.75) is 62.7 Å². The summed E-state index contributed by atoms with van der Waals surface area (Å²) in [6, 6.07) is 2.24. The van der Waals surface area contributed by atoms with Crippen LogP contribution >= 0.6 is 0 Å². The molecule has 17 N–H and O–H groups in total. The van der Waals surface area contributed by atoms with Gasteiger partial charge in [0.15, 0.2) is 11.9 Å². The van der Waals surface area contributed by atoms with Crippen molar-refractivity contribution in [3.63, 3.8) is 0 Å². The van der Waals surface area contributed by atoms with Gasteiger partial charge in [0.2, 0.25) is 23.6 Å². The molecule has 2 aromatic rings. The fourth-order valence-electron chi connectivity index (χ4n) is 4.40. The normalized spacial score (nSPS) is 13.4. The number of carbonyl (C=O) groups is 5. The molecule has 0 saturated heterocycles. The summed E-state index contributed by atoms with van der Waals surface area (Å²) in [4.78, 5) is 73.8. The van der Waals surface area contributed by atoms with E-state index in [4.69, 9.17) is 34.4 Å². The molecule has 1 aromatic carbocycles. The van der Waals surface area contributed by atoms with Gasteiger partial charge in [-0.25, -0.2) is 4.79 Å². The molecule has 246 valence electrons. The van der Waals surface area contributed by atoms with Crippen LogP contribution in [0.2, 0.25) is 0 Å². The maximum absolute atomic E-state index is 13.3. The van der Waals surface area contributed by atoms with Gasteiger partial charge in [-0.2, -0.15) is 0 Å². The quantitative estimate of drug-likeness (QED) is 0.0412. The lowest BCUT2D eigenvalue weighted by molar-refractivity contribution is -0.142. The minimum Gasteiger partial charge on any atom is -0.480 e. The second-order valence-corrected chi connectivity index (χ2v) is 10.3. The van der Waals surface area contributed by atoms with E-state index < -0.39 is 60.2 Å². The molecular formula is C27H42N12O6. The van der Waals surface area contributed by atoms with Crippen molar-refractivity contribution < 1.29 is 29.1 Å². The van der Waals surface area contributed by atoms with Gasteiger partial charge in [0.1, 0.15) is 18.1 Å². The summed E-state index contributed by atoms with van der Waals surface area (Å²) >= 11 is 0. The number of carbonyl (C=O) groups excluding carboxylic acids is 4. The molecule has 4 atom stereocenters. The van der Waals surface area contributed by atoms with Crippen molar-refractivity contribution in [1.29, 1.82) is 0 Å². The van der Waals surface area contributed by atoms with Crippen molar-refractivity contribution in [2.75, 3.05) is 13.1 Å². The number of rotatable bonds is 19. The Bertz CT molecular complexity index is 1400. The van der Waals surface area contributed by atoms with Crippen molar-refractivity contribution >= 4 is 52.4 Å². The van der Waals surface area contributed by atoms with E-state index in [1.807, 2.05) is 24.3 Å². The summed E-state index contributed by atoms with van der Waals surface area (Å²) in [5, 5.41) is 17.8. The van der Waals surface area contributed by atoms with Gasteiger partial charge in [0.25, 0.3) is 0 Å². The molecule has 4 unspecified atom stereocenters. The zero-order valence-electron chi connectivity index (χ0n) is 24.7. The minimum atomic E-state index is -1.48. The van der Waals surface area contributed by atoms with E-state index in [2.05, 4.69) is 30.9 Å². The van der Waals surface area contributed by atoms with Crippen molar-refractivity contribution in [2.24, 2.45) is 44.4 Å². The lowest BCUT2D eigenvalue weighted by Gasteiger charge is -2.25. The maximum atomic E-state index is 13.3. The Morgan fingerprint density at radius 3 is 1.89 bits per heavy atom. The highest BCUT2D eigenvalue weighted by Gasteiger charge is 2.31. The Balaban J connectivity index is 2.15. The number of fused-ring (bicyclic) bond motifs is 1. The average molecular weight is 631 g/mol. The second kappa shape index (κ2) is 17.7. The van der Waals surface area contributed by atoms with E-state index in [1.165, 1.54) is 0 Å². The number of guanidine groups is 2. The smallest absolute Gasteiger partial charge is 0.326 e. The number of aliphatic carboxylic acids is 1. The molecule has 0 bridgehead atoms. The molecule has 0 aliphatic rings. The van der Waals surface area contributed by atoms with E-state index in [9.17, 15) is 29.1 Å². The fourth-order valence-corrected chi connectivity index (χ4v) is 4.40. The third-order valence-electron chi connectivity index (χ3n) is 6.63. The molecular weight excluding hydrogens is 588 g/mol. The van der Waals surface area contributed by atoms with Crippen LogP contribution in [0, 0.1) is 0 Å². The molecule has 2 rings (SSSR count). The molecule has 0 fully saturated rings. The van der Waals surface area contributed by atoms with E-state index >= 15 is 0 Å². The molecule has 0 aliphatic carbocycles. The summed E-state index contributed by atoms with van der Waals surface area (Å²) < 4.78 is 0. The summed E-state index contributed by atoms with van der Waals surface area (Å²) in [6.45, 7) is 0.241. The van der Waals surface area contributed by atoms with Crippen molar-refractivity contribution in [3.8, 4) is 0 Å². The SMILES string of the molecule is NC(=O)CC(NC(=O)C(N)Cc1c[nH]c2ccccc12)C(=O)NC(CCCN=C(N)N)C(=O)NC(CCCN=C(N)N)C(=O)O. The van der Waals surface area contributed by atoms with Crippen LogP contribution < -0.4 is 50.4 Å². The number of nitrogens with one attached hydrogen (secondary N) is 4. The predicted molar refractivity (Wildman–Crippen MR) is 167 cm³/mol. The van der Waals surface area contributed by atoms with Gasteiger partial charge in [-0.1, -0.05) is 18.2 Å². The Morgan fingerprint density at radius 2 is 1.31 bits per heavy atom. The van der Waals surface area contributed by atoms with Crippen LogP contribution in [-0.2, 0) is 30.4 Å². The number of benzene rings is 1. The van der Waals surface area contributed by atoms with Crippen LogP contribution in [-0.4, -0.2) is 88.9 Å². The highest BCUT2D eigenvalue weighted by molar-refractivity contribution is 5.96. The fraction of sp³-hybridized carbons (Fsp3) is 0.444. The zero-order chi connectivity index (χ0) is 33.5. The number of hydrogen-bond acceptors (Lipinski definition) is 8. The van der Waals surface area contributed by atoms with Crippen molar-refractivity contribution in [1.82, 2.24) is 20.9 Å². The number of nitrogens with two attached hydrogens (primary N) is 6. The predicted octanol–water partition coefficient (Wildman–Crippen LogP) is -3.44. The standard InChI is InChI=1S/C27H42N12O6/c28-16(11-14-13-36-17-6-2-1-5-15(14)17)22(41)39-20(12-21(29)40)24(43)37-18(7-3-9-34-26(30)31)23(42)38-19(25(44)45)8-4-10-35-27(32)33/h1-2,5-6,13,16,18-20,36H,3-4,7-12,28H2,(H2,29,40)(H,37,43)(H,38,42)(H,39,41)(H,44,45)(H4,30,31,34)(H4,32,33,35). The van der Waals surface area contributed by atoms with E-state index in [0.717, 1.165) is 16.5 Å². The van der Waals surface area contributed by atoms with Gasteiger partial charge >= 0.3 is 5.97 Å². The highest BCUT2D eigenvalue weighted by Crippen LogP contribution is 2.19. The highest BCUT2D eigenvalue weighted by atomic mass is 16.4. The Kier molecular flexibility index (Phi) is 14.1. The topological polar surface area (TPSA) is 338 Å². The number of carboxylic acids is 1. The molecule has 18 nitrogen and oxygen atoms in total. The number of hydrogen-bond donors (Lipinski definition) is 11. The van der Waals surface area contributed by atoms with Crippen LogP contribution in [0.15, 0.2) is 40.4 Å². The average Bonchev–Trinajstić information content (AvgIpc) is 3.37. The number of amides is 4. The van der Waals surface area contributed by atoms with Crippen molar-refractivity contribution in [3.05, 3.63) is 36.0 Å². The van der Waals surface area contributed by atoms with Crippen LogP contribution in [0.25, 0.3) is 10.9 Å². The number of H-pyrrole nitrogens is 1. The lowest BCUT2D eigenvalue weighted by atomic mass is 10.0. The third-order valence-corrected chi connectivity index (χ3v) is 6.63. The molecule has 0 aliphatic heterocycles. The first-order chi connectivity index (χ1) is 21.3. The summed E-state index contributed by atoms with van der Waals surface area (Å²) in [5.74, 6) is -5.04. The van der Waals surface area contributed by atoms with E-state index in [-0.39, 0.29) is 57.1 Å². The van der Waals surface area contributed by atoms with Gasteiger partial charge < -0.3 is 60.4 Å². The number of para-hydroxylation sites is 1. The van der Waals surface area contributed by atoms with Gasteiger partial charge in [0.05, 0.1) is 12.5 Å². The number of primary amides is 1. The summed E-state index contributed by atoms with van der Waals surface area (Å²) in [5.41, 5.74) is 34.3. The number of aliphatic imine (C=N–C) groups is 2. The summed E-state index contributed by atoms with van der Waals surface area (Å²) in [7, 11) is 0. The van der Waals surface area contributed by atoms with E-state index in [0.29, 0.717) is 0 Å². The van der Waals surface area contributed by atoms with Crippen LogP contribution in [0.5, 0.6) is 0 Å². The zero-order valence-corrected chi connectivity index (χ0v) is 24.7. The van der Waals surface area contributed by atoms with Gasteiger partial charge in [0, 0.05) is 30.2 Å². The van der Waals surface area contributed by atoms with Gasteiger partial charge in [-0.05, 0) is 43.7 Å². The molecule has 1 heterocycles. The number of nitrogens with zero attached hydrogens (tertiary/aromatic N) is 2. The molecule has 4 amide bonds. The first kappa shape index (κ1) is 35.8. The minimum absolute atomic E-state index is 0.0127. The molecule has 45 heavy (non-hydrogen) atoms. The number of aromatic amines is 1. The molecule has 0 spiro atoms. The monoisotopic (exact) mass is 630 g/mol. The second-order valence-electron chi connectivity index (χ2n) is 10.3.